The van der Waals surface area contributed by atoms with Crippen LogP contribution in [0.5, 0.6) is 0 Å². The molecule has 0 atom stereocenters. The first kappa shape index (κ1) is 18.9. The topological polar surface area (TPSA) is 58.2 Å². The Labute approximate surface area is 159 Å². The van der Waals surface area contributed by atoms with Gasteiger partial charge in [0.15, 0.2) is 0 Å². The molecule has 6 heteroatoms. The zero-order valence-electron chi connectivity index (χ0n) is 14.9. The van der Waals surface area contributed by atoms with Crippen LogP contribution in [0.2, 0.25) is 0 Å². The first-order valence-corrected chi connectivity index (χ1v) is 10.1. The highest BCUT2D eigenvalue weighted by molar-refractivity contribution is 7.92. The van der Waals surface area contributed by atoms with E-state index in [-0.39, 0.29) is 10.7 Å². The van der Waals surface area contributed by atoms with Crippen molar-refractivity contribution in [2.24, 2.45) is 0 Å². The van der Waals surface area contributed by atoms with Crippen LogP contribution < -0.4 is 10.0 Å². The van der Waals surface area contributed by atoms with E-state index in [0.29, 0.717) is 29.8 Å². The SMILES string of the molecule is Cc1ccccc1S(=O)(=O)Nc1ccc(NCCc2ccccc2F)cc1. The van der Waals surface area contributed by atoms with Gasteiger partial charge < -0.3 is 5.32 Å². The summed E-state index contributed by atoms with van der Waals surface area (Å²) >= 11 is 0. The van der Waals surface area contributed by atoms with Crippen LogP contribution in [0.15, 0.2) is 77.7 Å². The molecular formula is C21H21FN2O2S. The molecule has 0 aliphatic heterocycles. The van der Waals surface area contributed by atoms with E-state index in [9.17, 15) is 12.8 Å². The first-order valence-electron chi connectivity index (χ1n) is 8.61. The van der Waals surface area contributed by atoms with E-state index in [2.05, 4.69) is 10.0 Å². The number of halogens is 1. The van der Waals surface area contributed by atoms with E-state index in [1.165, 1.54) is 6.07 Å². The number of rotatable bonds is 7. The van der Waals surface area contributed by atoms with Crippen LogP contribution in [0.3, 0.4) is 0 Å². The lowest BCUT2D eigenvalue weighted by molar-refractivity contribution is 0.600. The zero-order chi connectivity index (χ0) is 19.3. The number of nitrogens with one attached hydrogen (secondary N) is 2. The second-order valence-corrected chi connectivity index (χ2v) is 7.87. The van der Waals surface area contributed by atoms with Crippen LogP contribution >= 0.6 is 0 Å². The maximum absolute atomic E-state index is 13.6. The molecular weight excluding hydrogens is 363 g/mol. The van der Waals surface area contributed by atoms with Crippen molar-refractivity contribution in [3.05, 3.63) is 89.7 Å². The molecule has 3 aromatic rings. The molecule has 0 aliphatic rings. The van der Waals surface area contributed by atoms with Crippen molar-refractivity contribution in [3.63, 3.8) is 0 Å². The van der Waals surface area contributed by atoms with Gasteiger partial charge in [0.05, 0.1) is 4.90 Å². The fourth-order valence-electron chi connectivity index (χ4n) is 2.77. The van der Waals surface area contributed by atoms with Gasteiger partial charge in [0, 0.05) is 17.9 Å². The summed E-state index contributed by atoms with van der Waals surface area (Å²) in [6, 6.07) is 20.5. The van der Waals surface area contributed by atoms with E-state index in [4.69, 9.17) is 0 Å². The van der Waals surface area contributed by atoms with Crippen LogP contribution in [0.1, 0.15) is 11.1 Å². The summed E-state index contributed by atoms with van der Waals surface area (Å²) in [5, 5.41) is 3.21. The minimum absolute atomic E-state index is 0.208. The minimum atomic E-state index is -3.63. The van der Waals surface area contributed by atoms with Gasteiger partial charge in [0.1, 0.15) is 5.82 Å². The van der Waals surface area contributed by atoms with Gasteiger partial charge in [-0.15, -0.1) is 0 Å². The second kappa shape index (κ2) is 8.22. The molecule has 0 radical (unpaired) electrons. The van der Waals surface area contributed by atoms with Gasteiger partial charge in [-0.2, -0.15) is 0 Å². The number of hydrogen-bond donors (Lipinski definition) is 2. The third kappa shape index (κ3) is 4.86. The van der Waals surface area contributed by atoms with E-state index in [1.54, 1.807) is 67.6 Å². The first-order chi connectivity index (χ1) is 13.0. The van der Waals surface area contributed by atoms with Crippen molar-refractivity contribution in [2.75, 3.05) is 16.6 Å². The Balaban J connectivity index is 1.60. The minimum Gasteiger partial charge on any atom is -0.385 e. The van der Waals surface area contributed by atoms with Crippen molar-refractivity contribution in [1.29, 1.82) is 0 Å². The maximum Gasteiger partial charge on any atom is 0.262 e. The van der Waals surface area contributed by atoms with Gasteiger partial charge >= 0.3 is 0 Å². The van der Waals surface area contributed by atoms with Crippen molar-refractivity contribution in [1.82, 2.24) is 0 Å². The molecule has 0 saturated heterocycles. The highest BCUT2D eigenvalue weighted by Gasteiger charge is 2.16. The monoisotopic (exact) mass is 384 g/mol. The lowest BCUT2D eigenvalue weighted by Gasteiger charge is -2.11. The molecule has 0 amide bonds. The Morgan fingerprint density at radius 3 is 2.19 bits per heavy atom. The fourth-order valence-corrected chi connectivity index (χ4v) is 4.07. The molecule has 4 nitrogen and oxygen atoms in total. The van der Waals surface area contributed by atoms with Crippen molar-refractivity contribution in [3.8, 4) is 0 Å². The van der Waals surface area contributed by atoms with Crippen LogP contribution in [0.4, 0.5) is 15.8 Å². The summed E-state index contributed by atoms with van der Waals surface area (Å²) in [4.78, 5) is 0.261. The molecule has 0 bridgehead atoms. The van der Waals surface area contributed by atoms with Crippen molar-refractivity contribution in [2.45, 2.75) is 18.2 Å². The average Bonchev–Trinajstić information content (AvgIpc) is 2.65. The molecule has 0 spiro atoms. The number of benzene rings is 3. The molecule has 3 rings (SSSR count). The quantitative estimate of drug-likeness (QED) is 0.626. The second-order valence-electron chi connectivity index (χ2n) is 6.22. The molecule has 0 saturated carbocycles. The van der Waals surface area contributed by atoms with Gasteiger partial charge in [-0.25, -0.2) is 12.8 Å². The van der Waals surface area contributed by atoms with Gasteiger partial charge in [-0.05, 0) is 60.9 Å². The predicted molar refractivity (Wildman–Crippen MR) is 107 cm³/mol. The molecule has 0 aliphatic carbocycles. The smallest absolute Gasteiger partial charge is 0.262 e. The van der Waals surface area contributed by atoms with Gasteiger partial charge in [-0.3, -0.25) is 4.72 Å². The van der Waals surface area contributed by atoms with Gasteiger partial charge in [0.2, 0.25) is 0 Å². The zero-order valence-corrected chi connectivity index (χ0v) is 15.8. The molecule has 0 heterocycles. The Bertz CT molecular complexity index is 1020. The number of sulfonamides is 1. The van der Waals surface area contributed by atoms with E-state index in [1.807, 2.05) is 6.07 Å². The fraction of sp³-hybridized carbons (Fsp3) is 0.143. The lowest BCUT2D eigenvalue weighted by Crippen LogP contribution is -2.14. The summed E-state index contributed by atoms with van der Waals surface area (Å²) in [7, 11) is -3.63. The van der Waals surface area contributed by atoms with Gasteiger partial charge in [-0.1, -0.05) is 36.4 Å². The van der Waals surface area contributed by atoms with Crippen LogP contribution in [0.25, 0.3) is 0 Å². The standard InChI is InChI=1S/C21H21FN2O2S/c1-16-6-2-5-9-21(16)27(25,26)24-19-12-10-18(11-13-19)23-15-14-17-7-3-4-8-20(17)22/h2-13,23-24H,14-15H2,1H3. The molecule has 0 fully saturated rings. The molecule has 2 N–H and O–H groups in total. The summed E-state index contributed by atoms with van der Waals surface area (Å²) in [5.41, 5.74) is 2.67. The highest BCUT2D eigenvalue weighted by Crippen LogP contribution is 2.20. The Morgan fingerprint density at radius 1 is 0.852 bits per heavy atom. The number of aryl methyl sites for hydroxylation is 1. The number of hydrogen-bond acceptors (Lipinski definition) is 3. The predicted octanol–water partition coefficient (Wildman–Crippen LogP) is 4.59. The average molecular weight is 384 g/mol. The van der Waals surface area contributed by atoms with Crippen LogP contribution in [-0.4, -0.2) is 15.0 Å². The Morgan fingerprint density at radius 2 is 1.48 bits per heavy atom. The van der Waals surface area contributed by atoms with Gasteiger partial charge in [0.25, 0.3) is 10.0 Å². The molecule has 3 aromatic carbocycles. The summed E-state index contributed by atoms with van der Waals surface area (Å²) < 4.78 is 41.2. The summed E-state index contributed by atoms with van der Waals surface area (Å²) in [6.07, 6.45) is 0.564. The third-order valence-corrected chi connectivity index (χ3v) is 5.74. The highest BCUT2D eigenvalue weighted by atomic mass is 32.2. The molecule has 0 unspecified atom stereocenters. The molecule has 27 heavy (non-hydrogen) atoms. The lowest BCUT2D eigenvalue weighted by atomic mass is 10.1. The maximum atomic E-state index is 13.6. The summed E-state index contributed by atoms with van der Waals surface area (Å²) in [5.74, 6) is -0.208. The van der Waals surface area contributed by atoms with E-state index in [0.717, 1.165) is 5.69 Å². The molecule has 0 aromatic heterocycles. The van der Waals surface area contributed by atoms with E-state index >= 15 is 0 Å². The third-order valence-electron chi connectivity index (χ3n) is 4.20. The summed E-state index contributed by atoms with van der Waals surface area (Å²) in [6.45, 7) is 2.34. The number of anilines is 2. The van der Waals surface area contributed by atoms with Crippen molar-refractivity contribution < 1.29 is 12.8 Å². The Kier molecular flexibility index (Phi) is 5.76. The van der Waals surface area contributed by atoms with E-state index < -0.39 is 10.0 Å². The van der Waals surface area contributed by atoms with Crippen molar-refractivity contribution >= 4 is 21.4 Å². The van der Waals surface area contributed by atoms with Crippen LogP contribution in [-0.2, 0) is 16.4 Å². The Hall–Kier alpha value is -2.86. The molecule has 140 valence electrons. The van der Waals surface area contributed by atoms with Crippen LogP contribution in [0, 0.1) is 12.7 Å². The normalized spacial score (nSPS) is 11.2. The largest absolute Gasteiger partial charge is 0.385 e.